The largest absolute Gasteiger partial charge is 0.368 e. The molecule has 2 aromatic rings. The van der Waals surface area contributed by atoms with Gasteiger partial charge in [-0.25, -0.2) is 15.0 Å². The summed E-state index contributed by atoms with van der Waals surface area (Å²) in [5.74, 6) is 2.60. The third-order valence-electron chi connectivity index (χ3n) is 4.32. The van der Waals surface area contributed by atoms with Crippen molar-refractivity contribution in [2.75, 3.05) is 11.9 Å². The molecule has 0 aromatic carbocycles. The van der Waals surface area contributed by atoms with Gasteiger partial charge in [-0.15, -0.1) is 0 Å². The molecular formula is C14H21N5. The SMILES string of the molecule is CC1CCCCC1CCNc1ncnc2nc[nH]c12. The summed E-state index contributed by atoms with van der Waals surface area (Å²) in [5, 5.41) is 3.42. The lowest BCUT2D eigenvalue weighted by atomic mass is 9.79. The summed E-state index contributed by atoms with van der Waals surface area (Å²) in [6.07, 6.45) is 10.0. The average molecular weight is 259 g/mol. The monoisotopic (exact) mass is 259 g/mol. The van der Waals surface area contributed by atoms with E-state index in [1.165, 1.54) is 32.1 Å². The first-order chi connectivity index (χ1) is 9.34. The van der Waals surface area contributed by atoms with E-state index in [9.17, 15) is 0 Å². The van der Waals surface area contributed by atoms with E-state index in [1.54, 1.807) is 12.7 Å². The van der Waals surface area contributed by atoms with E-state index in [4.69, 9.17) is 0 Å². The van der Waals surface area contributed by atoms with Crippen molar-refractivity contribution in [2.24, 2.45) is 11.8 Å². The normalized spacial score (nSPS) is 23.6. The fraction of sp³-hybridized carbons (Fsp3) is 0.643. The van der Waals surface area contributed by atoms with E-state index >= 15 is 0 Å². The number of anilines is 1. The predicted octanol–water partition coefficient (Wildman–Crippen LogP) is 2.98. The highest BCUT2D eigenvalue weighted by Gasteiger charge is 2.20. The molecule has 0 aliphatic heterocycles. The molecule has 0 bridgehead atoms. The maximum atomic E-state index is 4.29. The fourth-order valence-electron chi connectivity index (χ4n) is 3.10. The summed E-state index contributed by atoms with van der Waals surface area (Å²) in [4.78, 5) is 15.6. The second kappa shape index (κ2) is 5.55. The molecule has 3 rings (SSSR count). The van der Waals surface area contributed by atoms with Crippen LogP contribution in [0.4, 0.5) is 5.82 Å². The molecule has 1 aliphatic carbocycles. The number of hydrogen-bond donors (Lipinski definition) is 2. The second-order valence-electron chi connectivity index (χ2n) is 5.56. The molecule has 5 nitrogen and oxygen atoms in total. The molecule has 102 valence electrons. The van der Waals surface area contributed by atoms with Crippen molar-refractivity contribution in [3.63, 3.8) is 0 Å². The van der Waals surface area contributed by atoms with Crippen LogP contribution in [0.1, 0.15) is 39.0 Å². The Hall–Kier alpha value is -1.65. The van der Waals surface area contributed by atoms with E-state index in [0.717, 1.165) is 35.4 Å². The van der Waals surface area contributed by atoms with E-state index in [1.807, 2.05) is 0 Å². The summed E-state index contributed by atoms with van der Waals surface area (Å²) in [6, 6.07) is 0. The molecule has 0 spiro atoms. The molecule has 1 aliphatic rings. The number of aromatic nitrogens is 4. The molecule has 5 heteroatoms. The van der Waals surface area contributed by atoms with Crippen molar-refractivity contribution in [1.82, 2.24) is 19.9 Å². The van der Waals surface area contributed by atoms with Gasteiger partial charge in [0.15, 0.2) is 11.5 Å². The first kappa shape index (κ1) is 12.4. The highest BCUT2D eigenvalue weighted by Crippen LogP contribution is 2.31. The van der Waals surface area contributed by atoms with E-state index in [-0.39, 0.29) is 0 Å². The fourth-order valence-corrected chi connectivity index (χ4v) is 3.10. The first-order valence-electron chi connectivity index (χ1n) is 7.22. The molecule has 2 atom stereocenters. The van der Waals surface area contributed by atoms with Crippen LogP contribution in [0.2, 0.25) is 0 Å². The van der Waals surface area contributed by atoms with Crippen LogP contribution in [0.3, 0.4) is 0 Å². The molecule has 1 fully saturated rings. The lowest BCUT2D eigenvalue weighted by Gasteiger charge is -2.28. The molecule has 2 N–H and O–H groups in total. The molecule has 19 heavy (non-hydrogen) atoms. The van der Waals surface area contributed by atoms with E-state index < -0.39 is 0 Å². The number of aromatic amines is 1. The molecule has 2 heterocycles. The van der Waals surface area contributed by atoms with Gasteiger partial charge in [0.2, 0.25) is 0 Å². The van der Waals surface area contributed by atoms with Gasteiger partial charge in [0.25, 0.3) is 0 Å². The topological polar surface area (TPSA) is 66.5 Å². The Morgan fingerprint density at radius 3 is 3.05 bits per heavy atom. The van der Waals surface area contributed by atoms with Gasteiger partial charge >= 0.3 is 0 Å². The molecule has 0 saturated heterocycles. The van der Waals surface area contributed by atoms with Crippen molar-refractivity contribution in [3.8, 4) is 0 Å². The van der Waals surface area contributed by atoms with Crippen molar-refractivity contribution in [2.45, 2.75) is 39.0 Å². The Labute approximate surface area is 113 Å². The minimum absolute atomic E-state index is 0.725. The number of hydrogen-bond acceptors (Lipinski definition) is 4. The maximum absolute atomic E-state index is 4.29. The zero-order valence-corrected chi connectivity index (χ0v) is 11.4. The summed E-state index contributed by atoms with van der Waals surface area (Å²) in [6.45, 7) is 3.36. The van der Waals surface area contributed by atoms with Crippen molar-refractivity contribution in [1.29, 1.82) is 0 Å². The third kappa shape index (κ3) is 2.69. The Morgan fingerprint density at radius 2 is 2.16 bits per heavy atom. The lowest BCUT2D eigenvalue weighted by Crippen LogP contribution is -2.20. The van der Waals surface area contributed by atoms with Crippen LogP contribution in [0, 0.1) is 11.8 Å². The van der Waals surface area contributed by atoms with Crippen LogP contribution in [0.15, 0.2) is 12.7 Å². The Kier molecular flexibility index (Phi) is 3.62. The number of rotatable bonds is 4. The maximum Gasteiger partial charge on any atom is 0.182 e. The zero-order chi connectivity index (χ0) is 13.1. The van der Waals surface area contributed by atoms with Crippen molar-refractivity contribution >= 4 is 17.0 Å². The summed E-state index contributed by atoms with van der Waals surface area (Å²) >= 11 is 0. The minimum atomic E-state index is 0.725. The number of imidazole rings is 1. The van der Waals surface area contributed by atoms with Gasteiger partial charge in [0.05, 0.1) is 6.33 Å². The Balaban J connectivity index is 1.58. The van der Waals surface area contributed by atoms with Crippen LogP contribution in [-0.4, -0.2) is 26.5 Å². The number of nitrogens with zero attached hydrogens (tertiary/aromatic N) is 3. The number of nitrogens with one attached hydrogen (secondary N) is 2. The van der Waals surface area contributed by atoms with Crippen LogP contribution in [-0.2, 0) is 0 Å². The standard InChI is InChI=1S/C14H21N5/c1-10-4-2-3-5-11(10)6-7-15-13-12-14(17-8-16-12)19-9-18-13/h8-11H,2-7H2,1H3,(H2,15,16,17,18,19). The summed E-state index contributed by atoms with van der Waals surface area (Å²) in [5.41, 5.74) is 1.63. The van der Waals surface area contributed by atoms with Gasteiger partial charge in [-0.3, -0.25) is 0 Å². The highest BCUT2D eigenvalue weighted by molar-refractivity contribution is 5.81. The van der Waals surface area contributed by atoms with Gasteiger partial charge in [0, 0.05) is 6.54 Å². The van der Waals surface area contributed by atoms with Crippen LogP contribution >= 0.6 is 0 Å². The molecular weight excluding hydrogens is 238 g/mol. The number of fused-ring (bicyclic) bond motifs is 1. The second-order valence-corrected chi connectivity index (χ2v) is 5.56. The minimum Gasteiger partial charge on any atom is -0.368 e. The highest BCUT2D eigenvalue weighted by atomic mass is 15.1. The van der Waals surface area contributed by atoms with Crippen LogP contribution in [0.5, 0.6) is 0 Å². The summed E-state index contributed by atoms with van der Waals surface area (Å²) in [7, 11) is 0. The number of H-pyrrole nitrogens is 1. The smallest absolute Gasteiger partial charge is 0.182 e. The Morgan fingerprint density at radius 1 is 1.26 bits per heavy atom. The molecule has 2 unspecified atom stereocenters. The van der Waals surface area contributed by atoms with Crippen molar-refractivity contribution < 1.29 is 0 Å². The lowest BCUT2D eigenvalue weighted by molar-refractivity contribution is 0.247. The van der Waals surface area contributed by atoms with Gasteiger partial charge in [0.1, 0.15) is 11.8 Å². The van der Waals surface area contributed by atoms with Gasteiger partial charge in [-0.1, -0.05) is 32.6 Å². The van der Waals surface area contributed by atoms with Crippen LogP contribution in [0.25, 0.3) is 11.2 Å². The van der Waals surface area contributed by atoms with Gasteiger partial charge in [-0.05, 0) is 18.3 Å². The predicted molar refractivity (Wildman–Crippen MR) is 75.9 cm³/mol. The first-order valence-corrected chi connectivity index (χ1v) is 7.22. The quantitative estimate of drug-likeness (QED) is 0.885. The van der Waals surface area contributed by atoms with E-state index in [2.05, 4.69) is 32.2 Å². The van der Waals surface area contributed by atoms with Gasteiger partial charge < -0.3 is 10.3 Å². The average Bonchev–Trinajstić information content (AvgIpc) is 2.90. The molecule has 1 saturated carbocycles. The molecule has 0 amide bonds. The van der Waals surface area contributed by atoms with Gasteiger partial charge in [-0.2, -0.15) is 0 Å². The zero-order valence-electron chi connectivity index (χ0n) is 11.4. The Bertz CT molecular complexity index is 535. The molecule has 0 radical (unpaired) electrons. The molecule has 2 aromatic heterocycles. The van der Waals surface area contributed by atoms with Crippen LogP contribution < -0.4 is 5.32 Å². The van der Waals surface area contributed by atoms with E-state index in [0.29, 0.717) is 0 Å². The third-order valence-corrected chi connectivity index (χ3v) is 4.32. The van der Waals surface area contributed by atoms with Crippen molar-refractivity contribution in [3.05, 3.63) is 12.7 Å². The summed E-state index contributed by atoms with van der Waals surface area (Å²) < 4.78 is 0.